The first-order valence-corrected chi connectivity index (χ1v) is 9.93. The second-order valence-electron chi connectivity index (χ2n) is 7.34. The van der Waals surface area contributed by atoms with Gasteiger partial charge in [0.05, 0.1) is 18.4 Å². The lowest BCUT2D eigenvalue weighted by Crippen LogP contribution is -2.22. The first-order valence-electron chi connectivity index (χ1n) is 9.93. The topological polar surface area (TPSA) is 59.4 Å². The largest absolute Gasteiger partial charge is 0.497 e. The van der Waals surface area contributed by atoms with Crippen molar-refractivity contribution in [3.05, 3.63) is 65.6 Å². The van der Waals surface area contributed by atoms with Gasteiger partial charge in [0.1, 0.15) is 5.75 Å². The Hall–Kier alpha value is -3.28. The molecule has 1 aliphatic heterocycles. The van der Waals surface area contributed by atoms with Crippen LogP contribution in [-0.2, 0) is 0 Å². The molecule has 0 radical (unpaired) electrons. The summed E-state index contributed by atoms with van der Waals surface area (Å²) < 4.78 is 7.33. The predicted molar refractivity (Wildman–Crippen MR) is 115 cm³/mol. The molecule has 0 saturated carbocycles. The van der Waals surface area contributed by atoms with E-state index in [0.29, 0.717) is 5.56 Å². The van der Waals surface area contributed by atoms with Crippen molar-refractivity contribution >= 4 is 17.4 Å². The van der Waals surface area contributed by atoms with Gasteiger partial charge in [-0.3, -0.25) is 4.79 Å². The van der Waals surface area contributed by atoms with E-state index in [-0.39, 0.29) is 5.91 Å². The summed E-state index contributed by atoms with van der Waals surface area (Å²) in [6.07, 6.45) is 4.10. The summed E-state index contributed by atoms with van der Waals surface area (Å²) in [5.74, 6) is 1.54. The number of carbonyl (C=O) groups is 1. The van der Waals surface area contributed by atoms with Crippen LogP contribution in [0.1, 0.15) is 34.6 Å². The Morgan fingerprint density at radius 2 is 1.83 bits per heavy atom. The number of rotatable bonds is 5. The Morgan fingerprint density at radius 1 is 1.10 bits per heavy atom. The van der Waals surface area contributed by atoms with Gasteiger partial charge in [0.15, 0.2) is 5.82 Å². The van der Waals surface area contributed by atoms with E-state index in [1.54, 1.807) is 13.3 Å². The molecule has 29 heavy (non-hydrogen) atoms. The minimum Gasteiger partial charge on any atom is -0.497 e. The third-order valence-electron chi connectivity index (χ3n) is 5.45. The van der Waals surface area contributed by atoms with Crippen molar-refractivity contribution in [3.63, 3.8) is 0 Å². The van der Waals surface area contributed by atoms with Crippen molar-refractivity contribution < 1.29 is 9.53 Å². The summed E-state index contributed by atoms with van der Waals surface area (Å²) in [6, 6.07) is 13.5. The lowest BCUT2D eigenvalue weighted by molar-refractivity contribution is 0.102. The fraction of sp³-hybridized carbons (Fsp3) is 0.304. The van der Waals surface area contributed by atoms with Crippen LogP contribution in [0.3, 0.4) is 0 Å². The highest BCUT2D eigenvalue weighted by Crippen LogP contribution is 2.28. The van der Waals surface area contributed by atoms with E-state index in [0.717, 1.165) is 60.3 Å². The van der Waals surface area contributed by atoms with Crippen molar-refractivity contribution in [3.8, 4) is 11.4 Å². The number of aryl methyl sites for hydroxylation is 1. The van der Waals surface area contributed by atoms with Crippen molar-refractivity contribution in [1.29, 1.82) is 0 Å². The number of hydrogen-bond acceptors (Lipinski definition) is 4. The molecule has 150 valence electrons. The minimum absolute atomic E-state index is 0.119. The third-order valence-corrected chi connectivity index (χ3v) is 5.45. The number of carbonyl (C=O) groups excluding carboxylic acids is 1. The molecule has 1 fully saturated rings. The molecule has 4 rings (SSSR count). The molecule has 1 aliphatic rings. The van der Waals surface area contributed by atoms with Crippen molar-refractivity contribution in [1.82, 2.24) is 9.55 Å². The molecule has 0 bridgehead atoms. The molecule has 1 aromatic carbocycles. The molecule has 0 aliphatic carbocycles. The lowest BCUT2D eigenvalue weighted by atomic mass is 10.2. The van der Waals surface area contributed by atoms with Gasteiger partial charge < -0.3 is 19.5 Å². The molecule has 1 N–H and O–H groups in total. The molecule has 0 unspecified atom stereocenters. The summed E-state index contributed by atoms with van der Waals surface area (Å²) in [5.41, 5.74) is 4.32. The van der Waals surface area contributed by atoms with E-state index in [1.165, 1.54) is 0 Å². The maximum atomic E-state index is 13.1. The highest BCUT2D eigenvalue weighted by atomic mass is 16.5. The van der Waals surface area contributed by atoms with Crippen LogP contribution in [0.2, 0.25) is 0 Å². The zero-order chi connectivity index (χ0) is 20.4. The highest BCUT2D eigenvalue weighted by molar-refractivity contribution is 6.06. The Balaban J connectivity index is 1.62. The summed E-state index contributed by atoms with van der Waals surface area (Å²) in [6.45, 7) is 5.93. The predicted octanol–water partition coefficient (Wildman–Crippen LogP) is 4.35. The number of hydrogen-bond donors (Lipinski definition) is 1. The Labute approximate surface area is 171 Å². The fourth-order valence-electron chi connectivity index (χ4n) is 3.99. The molecule has 3 aromatic rings. The van der Waals surface area contributed by atoms with Crippen molar-refractivity contribution in [2.45, 2.75) is 26.7 Å². The number of nitrogens with one attached hydrogen (secondary N) is 1. The third kappa shape index (κ3) is 3.70. The maximum Gasteiger partial charge on any atom is 0.257 e. The number of benzene rings is 1. The molecule has 6 nitrogen and oxygen atoms in total. The van der Waals surface area contributed by atoms with Gasteiger partial charge in [-0.15, -0.1) is 0 Å². The van der Waals surface area contributed by atoms with Gasteiger partial charge in [0.25, 0.3) is 5.91 Å². The van der Waals surface area contributed by atoms with Crippen LogP contribution in [-0.4, -0.2) is 35.7 Å². The molecular weight excluding hydrogens is 364 g/mol. The van der Waals surface area contributed by atoms with Gasteiger partial charge in [0, 0.05) is 36.4 Å². The van der Waals surface area contributed by atoms with Crippen LogP contribution in [0, 0.1) is 13.8 Å². The van der Waals surface area contributed by atoms with Crippen LogP contribution < -0.4 is 15.0 Å². The van der Waals surface area contributed by atoms with E-state index < -0.39 is 0 Å². The summed E-state index contributed by atoms with van der Waals surface area (Å²) >= 11 is 0. The standard InChI is InChI=1S/C23H26N4O2/c1-16-15-20(17(2)27(16)18-8-10-19(29-3)11-9-18)23(28)25-21-7-6-12-24-22(21)26-13-4-5-14-26/h6-12,15H,4-5,13-14H2,1-3H3,(H,25,28). The second-order valence-corrected chi connectivity index (χ2v) is 7.34. The SMILES string of the molecule is COc1ccc(-n2c(C)cc(C(=O)Nc3cccnc3N3CCCC3)c2C)cc1. The van der Waals surface area contributed by atoms with Gasteiger partial charge in [-0.25, -0.2) is 4.98 Å². The number of aromatic nitrogens is 2. The number of amides is 1. The monoisotopic (exact) mass is 390 g/mol. The first-order chi connectivity index (χ1) is 14.1. The smallest absolute Gasteiger partial charge is 0.257 e. The lowest BCUT2D eigenvalue weighted by Gasteiger charge is -2.20. The molecule has 3 heterocycles. The Bertz CT molecular complexity index is 1020. The molecular formula is C23H26N4O2. The minimum atomic E-state index is -0.119. The summed E-state index contributed by atoms with van der Waals surface area (Å²) in [4.78, 5) is 19.9. The van der Waals surface area contributed by atoms with E-state index in [9.17, 15) is 4.79 Å². The van der Waals surface area contributed by atoms with Gasteiger partial charge >= 0.3 is 0 Å². The molecule has 6 heteroatoms. The molecule has 0 atom stereocenters. The number of pyridine rings is 1. The maximum absolute atomic E-state index is 13.1. The van der Waals surface area contributed by atoms with Crippen LogP contribution in [0.25, 0.3) is 5.69 Å². The van der Waals surface area contributed by atoms with Crippen molar-refractivity contribution in [2.24, 2.45) is 0 Å². The Morgan fingerprint density at radius 3 is 2.52 bits per heavy atom. The number of methoxy groups -OCH3 is 1. The van der Waals surface area contributed by atoms with Gasteiger partial charge in [-0.1, -0.05) is 0 Å². The summed E-state index contributed by atoms with van der Waals surface area (Å²) in [5, 5.41) is 3.08. The molecule has 1 amide bonds. The van der Waals surface area contributed by atoms with Gasteiger partial charge in [0.2, 0.25) is 0 Å². The fourth-order valence-corrected chi connectivity index (χ4v) is 3.99. The van der Waals surface area contributed by atoms with Crippen LogP contribution in [0.5, 0.6) is 5.75 Å². The number of nitrogens with zero attached hydrogens (tertiary/aromatic N) is 3. The first kappa shape index (κ1) is 19.1. The average molecular weight is 390 g/mol. The van der Waals surface area contributed by atoms with E-state index in [4.69, 9.17) is 4.74 Å². The van der Waals surface area contributed by atoms with E-state index >= 15 is 0 Å². The average Bonchev–Trinajstić information content (AvgIpc) is 3.37. The quantitative estimate of drug-likeness (QED) is 0.704. The zero-order valence-electron chi connectivity index (χ0n) is 17.1. The highest BCUT2D eigenvalue weighted by Gasteiger charge is 2.21. The Kier molecular flexibility index (Phi) is 5.25. The van der Waals surface area contributed by atoms with Crippen LogP contribution >= 0.6 is 0 Å². The van der Waals surface area contributed by atoms with Gasteiger partial charge in [-0.2, -0.15) is 0 Å². The molecule has 1 saturated heterocycles. The van der Waals surface area contributed by atoms with Crippen LogP contribution in [0.15, 0.2) is 48.7 Å². The van der Waals surface area contributed by atoms with Crippen molar-refractivity contribution in [2.75, 3.05) is 30.4 Å². The number of ether oxygens (including phenoxy) is 1. The van der Waals surface area contributed by atoms with E-state index in [1.807, 2.05) is 56.3 Å². The molecule has 2 aromatic heterocycles. The van der Waals surface area contributed by atoms with E-state index in [2.05, 4.69) is 19.8 Å². The normalized spacial score (nSPS) is 13.6. The van der Waals surface area contributed by atoms with Crippen LogP contribution in [0.4, 0.5) is 11.5 Å². The summed E-state index contributed by atoms with van der Waals surface area (Å²) in [7, 11) is 1.65. The second kappa shape index (κ2) is 7.99. The molecule has 0 spiro atoms. The number of anilines is 2. The zero-order valence-corrected chi connectivity index (χ0v) is 17.1. The van der Waals surface area contributed by atoms with Gasteiger partial charge in [-0.05, 0) is 69.2 Å².